The van der Waals surface area contributed by atoms with E-state index in [0.29, 0.717) is 0 Å². The van der Waals surface area contributed by atoms with Gasteiger partial charge in [-0.15, -0.1) is 0 Å². The van der Waals surface area contributed by atoms with Crippen LogP contribution in [0.4, 0.5) is 0 Å². The van der Waals surface area contributed by atoms with E-state index in [0.717, 1.165) is 11.8 Å². The van der Waals surface area contributed by atoms with Gasteiger partial charge in [0.15, 0.2) is 0 Å². The molecule has 60 valence electrons. The van der Waals surface area contributed by atoms with Crippen LogP contribution in [0, 0.1) is 11.8 Å². The molecule has 1 saturated carbocycles. The standard InChI is InChI=1S/C9H17I/c1-2-3-4-8-7-9(8)5-6-10/h8-9H,2-7H2,1H3/t8-,9-/m1/s1. The zero-order valence-corrected chi connectivity index (χ0v) is 8.93. The lowest BCUT2D eigenvalue weighted by atomic mass is 10.1. The molecule has 10 heavy (non-hydrogen) atoms. The Kier molecular flexibility index (Phi) is 4.04. The van der Waals surface area contributed by atoms with Gasteiger partial charge in [0, 0.05) is 0 Å². The second-order valence-electron chi connectivity index (χ2n) is 3.38. The summed E-state index contributed by atoms with van der Waals surface area (Å²) in [5.41, 5.74) is 0. The molecular formula is C9H17I. The molecule has 1 aliphatic carbocycles. The van der Waals surface area contributed by atoms with Gasteiger partial charge in [-0.1, -0.05) is 48.8 Å². The fourth-order valence-electron chi connectivity index (χ4n) is 1.62. The molecule has 1 heteroatoms. The van der Waals surface area contributed by atoms with Gasteiger partial charge in [0.05, 0.1) is 0 Å². The summed E-state index contributed by atoms with van der Waals surface area (Å²) in [6, 6.07) is 0. The maximum absolute atomic E-state index is 2.49. The number of hydrogen-bond donors (Lipinski definition) is 0. The molecule has 0 unspecified atom stereocenters. The molecule has 0 nitrogen and oxygen atoms in total. The van der Waals surface area contributed by atoms with Crippen molar-refractivity contribution < 1.29 is 0 Å². The maximum Gasteiger partial charge on any atom is -0.000199 e. The van der Waals surface area contributed by atoms with Crippen LogP contribution in [0.25, 0.3) is 0 Å². The molecule has 0 aromatic heterocycles. The van der Waals surface area contributed by atoms with Crippen LogP contribution in [0.1, 0.15) is 39.0 Å². The van der Waals surface area contributed by atoms with Crippen LogP contribution in [0.5, 0.6) is 0 Å². The normalized spacial score (nSPS) is 30.6. The molecule has 0 heterocycles. The highest BCUT2D eigenvalue weighted by molar-refractivity contribution is 14.1. The fraction of sp³-hybridized carbons (Fsp3) is 1.00. The van der Waals surface area contributed by atoms with E-state index in [9.17, 15) is 0 Å². The van der Waals surface area contributed by atoms with Gasteiger partial charge in [-0.2, -0.15) is 0 Å². The second kappa shape index (κ2) is 4.58. The lowest BCUT2D eigenvalue weighted by Crippen LogP contribution is -1.83. The number of unbranched alkanes of at least 4 members (excludes halogenated alkanes) is 1. The first-order valence-corrected chi connectivity index (χ1v) is 5.97. The molecule has 0 aliphatic heterocycles. The Labute approximate surface area is 77.9 Å². The summed E-state index contributed by atoms with van der Waals surface area (Å²) in [5.74, 6) is 2.26. The van der Waals surface area contributed by atoms with Gasteiger partial charge in [-0.25, -0.2) is 0 Å². The molecule has 0 saturated heterocycles. The number of alkyl halides is 1. The van der Waals surface area contributed by atoms with Crippen LogP contribution in [0.2, 0.25) is 0 Å². The van der Waals surface area contributed by atoms with Crippen molar-refractivity contribution >= 4 is 22.6 Å². The molecule has 2 atom stereocenters. The molecule has 1 rings (SSSR count). The van der Waals surface area contributed by atoms with E-state index in [4.69, 9.17) is 0 Å². The van der Waals surface area contributed by atoms with E-state index in [-0.39, 0.29) is 0 Å². The SMILES string of the molecule is CCCC[C@@H]1C[C@H]1CCI. The highest BCUT2D eigenvalue weighted by Gasteiger charge is 2.34. The van der Waals surface area contributed by atoms with Gasteiger partial charge in [0.2, 0.25) is 0 Å². The van der Waals surface area contributed by atoms with E-state index in [1.54, 1.807) is 6.42 Å². The Morgan fingerprint density at radius 3 is 2.60 bits per heavy atom. The van der Waals surface area contributed by atoms with Gasteiger partial charge >= 0.3 is 0 Å². The zero-order valence-electron chi connectivity index (χ0n) is 6.78. The van der Waals surface area contributed by atoms with Crippen LogP contribution in [0.3, 0.4) is 0 Å². The molecule has 1 fully saturated rings. The summed E-state index contributed by atoms with van der Waals surface area (Å²) in [6.07, 6.45) is 7.38. The average Bonchev–Trinajstić information content (AvgIpc) is 2.65. The minimum atomic E-state index is 1.13. The first-order valence-electron chi connectivity index (χ1n) is 4.44. The minimum Gasteiger partial charge on any atom is -0.0864 e. The van der Waals surface area contributed by atoms with Gasteiger partial charge < -0.3 is 0 Å². The maximum atomic E-state index is 2.49. The smallest absolute Gasteiger partial charge is 0.000199 e. The zero-order chi connectivity index (χ0) is 7.40. The van der Waals surface area contributed by atoms with E-state index < -0.39 is 0 Å². The Morgan fingerprint density at radius 2 is 2.00 bits per heavy atom. The van der Waals surface area contributed by atoms with Crippen LogP contribution < -0.4 is 0 Å². The van der Waals surface area contributed by atoms with Gasteiger partial charge in [0.1, 0.15) is 0 Å². The van der Waals surface area contributed by atoms with Crippen LogP contribution in [-0.2, 0) is 0 Å². The lowest BCUT2D eigenvalue weighted by molar-refractivity contribution is 0.597. The third-order valence-electron chi connectivity index (χ3n) is 2.48. The minimum absolute atomic E-state index is 1.13. The van der Waals surface area contributed by atoms with Crippen molar-refractivity contribution in [2.45, 2.75) is 39.0 Å². The molecule has 0 N–H and O–H groups in total. The van der Waals surface area contributed by atoms with Gasteiger partial charge in [-0.05, 0) is 29.1 Å². The monoisotopic (exact) mass is 252 g/mol. The summed E-state index contributed by atoms with van der Waals surface area (Å²) in [4.78, 5) is 0. The predicted molar refractivity (Wildman–Crippen MR) is 54.6 cm³/mol. The van der Waals surface area contributed by atoms with E-state index in [1.165, 1.54) is 30.1 Å². The fourth-order valence-corrected chi connectivity index (χ4v) is 2.42. The van der Waals surface area contributed by atoms with Crippen molar-refractivity contribution in [3.05, 3.63) is 0 Å². The van der Waals surface area contributed by atoms with Crippen LogP contribution >= 0.6 is 22.6 Å². The third kappa shape index (κ3) is 2.77. The Balaban J connectivity index is 1.92. The largest absolute Gasteiger partial charge is 0.0864 e. The quantitative estimate of drug-likeness (QED) is 0.517. The first kappa shape index (κ1) is 8.82. The Hall–Kier alpha value is 0.730. The van der Waals surface area contributed by atoms with Crippen molar-refractivity contribution in [1.82, 2.24) is 0 Å². The Morgan fingerprint density at radius 1 is 1.30 bits per heavy atom. The molecule has 0 aromatic rings. The molecule has 0 aromatic carbocycles. The average molecular weight is 252 g/mol. The van der Waals surface area contributed by atoms with Gasteiger partial charge in [0.25, 0.3) is 0 Å². The molecule has 0 amide bonds. The van der Waals surface area contributed by atoms with E-state index in [2.05, 4.69) is 29.5 Å². The third-order valence-corrected chi connectivity index (χ3v) is 3.10. The highest BCUT2D eigenvalue weighted by atomic mass is 127. The summed E-state index contributed by atoms with van der Waals surface area (Å²) in [5, 5.41) is 0. The molecule has 1 aliphatic rings. The highest BCUT2D eigenvalue weighted by Crippen LogP contribution is 2.44. The van der Waals surface area contributed by atoms with Crippen molar-refractivity contribution in [2.24, 2.45) is 11.8 Å². The Bertz CT molecular complexity index is 90.7. The number of halogens is 1. The molecule has 0 radical (unpaired) electrons. The van der Waals surface area contributed by atoms with Crippen molar-refractivity contribution in [3.63, 3.8) is 0 Å². The van der Waals surface area contributed by atoms with Crippen LogP contribution in [-0.4, -0.2) is 4.43 Å². The van der Waals surface area contributed by atoms with Gasteiger partial charge in [-0.3, -0.25) is 0 Å². The summed E-state index contributed by atoms with van der Waals surface area (Å²) in [6.45, 7) is 2.29. The first-order chi connectivity index (χ1) is 4.88. The van der Waals surface area contributed by atoms with Crippen LogP contribution in [0.15, 0.2) is 0 Å². The lowest BCUT2D eigenvalue weighted by Gasteiger charge is -1.95. The van der Waals surface area contributed by atoms with Crippen molar-refractivity contribution in [2.75, 3.05) is 4.43 Å². The number of rotatable bonds is 5. The van der Waals surface area contributed by atoms with E-state index >= 15 is 0 Å². The number of hydrogen-bond acceptors (Lipinski definition) is 0. The predicted octanol–water partition coefficient (Wildman–Crippen LogP) is 3.64. The van der Waals surface area contributed by atoms with E-state index in [1.807, 2.05) is 0 Å². The topological polar surface area (TPSA) is 0 Å². The van der Waals surface area contributed by atoms with Crippen molar-refractivity contribution in [1.29, 1.82) is 0 Å². The summed E-state index contributed by atoms with van der Waals surface area (Å²) >= 11 is 2.49. The molecule has 0 spiro atoms. The second-order valence-corrected chi connectivity index (χ2v) is 4.45. The molecular weight excluding hydrogens is 235 g/mol. The summed E-state index contributed by atoms with van der Waals surface area (Å²) < 4.78 is 1.37. The molecule has 0 bridgehead atoms. The summed E-state index contributed by atoms with van der Waals surface area (Å²) in [7, 11) is 0. The van der Waals surface area contributed by atoms with Crippen molar-refractivity contribution in [3.8, 4) is 0 Å².